The van der Waals surface area contributed by atoms with E-state index in [-0.39, 0.29) is 0 Å². The molecule has 4 heteroatoms. The highest BCUT2D eigenvalue weighted by molar-refractivity contribution is 6.14. The van der Waals surface area contributed by atoms with Crippen LogP contribution in [0.2, 0.25) is 0 Å². The number of pyridine rings is 3. The number of aromatic nitrogens is 4. The molecule has 2 aliphatic carbocycles. The second kappa shape index (κ2) is 6.10. The Balaban J connectivity index is 1.45. The number of rotatable bonds is 0. The van der Waals surface area contributed by atoms with Gasteiger partial charge in [0, 0.05) is 34.9 Å². The van der Waals surface area contributed by atoms with Gasteiger partial charge in [-0.1, -0.05) is 42.5 Å². The number of hydrogen-bond acceptors (Lipinski definition) is 3. The highest BCUT2D eigenvalue weighted by Crippen LogP contribution is 2.49. The largest absolute Gasteiger partial charge is 0.290 e. The summed E-state index contributed by atoms with van der Waals surface area (Å²) in [6.45, 7) is 0. The van der Waals surface area contributed by atoms with Gasteiger partial charge in [-0.3, -0.25) is 14.4 Å². The minimum Gasteiger partial charge on any atom is -0.290 e. The van der Waals surface area contributed by atoms with Crippen LogP contribution < -0.4 is 0 Å². The van der Waals surface area contributed by atoms with Crippen LogP contribution in [0.15, 0.2) is 85.5 Å². The number of fused-ring (bicyclic) bond motifs is 16. The highest BCUT2D eigenvalue weighted by Gasteiger charge is 2.30. The summed E-state index contributed by atoms with van der Waals surface area (Å²) in [5, 5.41) is 3.40. The zero-order valence-electron chi connectivity index (χ0n) is 18.8. The Morgan fingerprint density at radius 3 is 2.40 bits per heavy atom. The van der Waals surface area contributed by atoms with Gasteiger partial charge in [0.2, 0.25) is 0 Å². The van der Waals surface area contributed by atoms with E-state index in [4.69, 9.17) is 4.98 Å². The quantitative estimate of drug-likeness (QED) is 0.243. The van der Waals surface area contributed by atoms with Crippen molar-refractivity contribution in [1.82, 2.24) is 19.4 Å². The SMILES string of the molecule is c1ccc2c(c1)Cc1c-2ccc2c1-c1c(ccc3c1nc1c4cnccc4c4ccncc4n31)C2. The van der Waals surface area contributed by atoms with Gasteiger partial charge >= 0.3 is 0 Å². The van der Waals surface area contributed by atoms with E-state index >= 15 is 0 Å². The van der Waals surface area contributed by atoms with E-state index in [1.54, 1.807) is 0 Å². The van der Waals surface area contributed by atoms with E-state index in [1.165, 1.54) is 49.9 Å². The number of benzene rings is 3. The van der Waals surface area contributed by atoms with Crippen LogP contribution in [-0.2, 0) is 12.8 Å². The molecule has 0 bridgehead atoms. The van der Waals surface area contributed by atoms with E-state index in [1.807, 2.05) is 24.8 Å². The van der Waals surface area contributed by atoms with Crippen LogP contribution in [0.1, 0.15) is 22.3 Å². The summed E-state index contributed by atoms with van der Waals surface area (Å²) in [7, 11) is 0. The van der Waals surface area contributed by atoms with Crippen molar-refractivity contribution in [2.75, 3.05) is 0 Å². The van der Waals surface area contributed by atoms with Crippen molar-refractivity contribution < 1.29 is 0 Å². The summed E-state index contributed by atoms with van der Waals surface area (Å²) in [6.07, 6.45) is 9.57. The van der Waals surface area contributed by atoms with Crippen molar-refractivity contribution in [3.8, 4) is 22.3 Å². The lowest BCUT2D eigenvalue weighted by atomic mass is 9.94. The first-order chi connectivity index (χ1) is 17.4. The van der Waals surface area contributed by atoms with E-state index in [0.29, 0.717) is 0 Å². The normalized spacial score (nSPS) is 13.5. The van der Waals surface area contributed by atoms with Gasteiger partial charge in [0.25, 0.3) is 0 Å². The summed E-state index contributed by atoms with van der Waals surface area (Å²) in [5.41, 5.74) is 15.3. The van der Waals surface area contributed by atoms with Gasteiger partial charge in [0.05, 0.1) is 22.7 Å². The fraction of sp³-hybridized carbons (Fsp3) is 0.0645. The first-order valence-corrected chi connectivity index (χ1v) is 12.0. The minimum atomic E-state index is 0.946. The number of imidazole rings is 1. The van der Waals surface area contributed by atoms with E-state index < -0.39 is 0 Å². The third-order valence-electron chi connectivity index (χ3n) is 8.01. The molecule has 0 radical (unpaired) electrons. The molecule has 0 aliphatic heterocycles. The molecule has 162 valence electrons. The molecule has 0 spiro atoms. The van der Waals surface area contributed by atoms with Gasteiger partial charge in [-0.2, -0.15) is 0 Å². The monoisotopic (exact) mass is 446 g/mol. The molecule has 3 aromatic carbocycles. The molecule has 9 rings (SSSR count). The molecule has 4 heterocycles. The van der Waals surface area contributed by atoms with Crippen molar-refractivity contribution in [3.05, 3.63) is 108 Å². The van der Waals surface area contributed by atoms with Crippen LogP contribution in [0.25, 0.3) is 60.6 Å². The Morgan fingerprint density at radius 2 is 1.43 bits per heavy atom. The maximum Gasteiger partial charge on any atom is 0.148 e. The zero-order chi connectivity index (χ0) is 22.7. The second-order valence-corrected chi connectivity index (χ2v) is 9.69. The van der Waals surface area contributed by atoms with Crippen LogP contribution in [0, 0.1) is 0 Å². The van der Waals surface area contributed by atoms with Crippen LogP contribution in [0.5, 0.6) is 0 Å². The third kappa shape index (κ3) is 2.11. The standard InChI is InChI=1S/C31H18N4/c1-2-4-20-17(3-1)14-24-21(20)7-5-18-13-19-6-8-26-30(29(19)28(18)24)34-31-25-15-32-11-9-22(25)23-10-12-33-16-27(23)35(26)31/h1-12,15-16H,13-14H2. The molecule has 0 fully saturated rings. The molecular formula is C31H18N4. The second-order valence-electron chi connectivity index (χ2n) is 9.69. The Bertz CT molecular complexity index is 2070. The molecule has 35 heavy (non-hydrogen) atoms. The Labute approximate surface area is 200 Å². The molecule has 4 aromatic heterocycles. The molecule has 7 aromatic rings. The van der Waals surface area contributed by atoms with Crippen LogP contribution >= 0.6 is 0 Å². The van der Waals surface area contributed by atoms with Crippen molar-refractivity contribution in [1.29, 1.82) is 0 Å². The first-order valence-electron chi connectivity index (χ1n) is 12.0. The minimum absolute atomic E-state index is 0.946. The number of nitrogens with zero attached hydrogens (tertiary/aromatic N) is 4. The van der Waals surface area contributed by atoms with Gasteiger partial charge in [-0.15, -0.1) is 0 Å². The zero-order valence-corrected chi connectivity index (χ0v) is 18.8. The molecule has 0 atom stereocenters. The first kappa shape index (κ1) is 17.8. The average Bonchev–Trinajstić information content (AvgIpc) is 3.59. The lowest BCUT2D eigenvalue weighted by molar-refractivity contribution is 1.23. The maximum atomic E-state index is 5.33. The molecule has 0 unspecified atom stereocenters. The van der Waals surface area contributed by atoms with Gasteiger partial charge in [-0.25, -0.2) is 4.98 Å². The predicted molar refractivity (Wildman–Crippen MR) is 140 cm³/mol. The van der Waals surface area contributed by atoms with Crippen LogP contribution in [0.4, 0.5) is 0 Å². The van der Waals surface area contributed by atoms with E-state index in [9.17, 15) is 0 Å². The maximum absolute atomic E-state index is 5.33. The molecule has 0 saturated carbocycles. The fourth-order valence-corrected chi connectivity index (χ4v) is 6.56. The van der Waals surface area contributed by atoms with Crippen molar-refractivity contribution in [2.45, 2.75) is 12.8 Å². The van der Waals surface area contributed by atoms with E-state index in [0.717, 1.165) is 45.8 Å². The highest BCUT2D eigenvalue weighted by atomic mass is 15.0. The molecule has 0 N–H and O–H groups in total. The average molecular weight is 447 g/mol. The fourth-order valence-electron chi connectivity index (χ4n) is 6.56. The predicted octanol–water partition coefficient (Wildman–Crippen LogP) is 6.73. The molecule has 4 nitrogen and oxygen atoms in total. The Kier molecular flexibility index (Phi) is 3.11. The summed E-state index contributed by atoms with van der Waals surface area (Å²) in [5.74, 6) is 0. The van der Waals surface area contributed by atoms with Gasteiger partial charge < -0.3 is 0 Å². The summed E-state index contributed by atoms with van der Waals surface area (Å²) >= 11 is 0. The van der Waals surface area contributed by atoms with Crippen molar-refractivity contribution in [2.24, 2.45) is 0 Å². The molecule has 2 aliphatic rings. The van der Waals surface area contributed by atoms with Gasteiger partial charge in [0.15, 0.2) is 0 Å². The Morgan fingerprint density at radius 1 is 0.600 bits per heavy atom. The molecule has 0 saturated heterocycles. The van der Waals surface area contributed by atoms with Crippen LogP contribution in [0.3, 0.4) is 0 Å². The van der Waals surface area contributed by atoms with Crippen molar-refractivity contribution >= 4 is 38.4 Å². The smallest absolute Gasteiger partial charge is 0.148 e. The Hall–Kier alpha value is -4.57. The summed E-state index contributed by atoms with van der Waals surface area (Å²) in [6, 6.07) is 22.2. The topological polar surface area (TPSA) is 43.1 Å². The van der Waals surface area contributed by atoms with E-state index in [2.05, 4.69) is 75.0 Å². The third-order valence-corrected chi connectivity index (χ3v) is 8.01. The summed E-state index contributed by atoms with van der Waals surface area (Å²) < 4.78 is 2.28. The van der Waals surface area contributed by atoms with Crippen molar-refractivity contribution in [3.63, 3.8) is 0 Å². The number of hydrogen-bond donors (Lipinski definition) is 0. The van der Waals surface area contributed by atoms with Gasteiger partial charge in [0.1, 0.15) is 5.65 Å². The molecular weight excluding hydrogens is 428 g/mol. The lowest BCUT2D eigenvalue weighted by Crippen LogP contribution is -1.92. The molecule has 0 amide bonds. The lowest BCUT2D eigenvalue weighted by Gasteiger charge is -2.10. The summed E-state index contributed by atoms with van der Waals surface area (Å²) in [4.78, 5) is 14.3. The van der Waals surface area contributed by atoms with Crippen LogP contribution in [-0.4, -0.2) is 19.4 Å². The van der Waals surface area contributed by atoms with Gasteiger partial charge in [-0.05, 0) is 75.4 Å².